The smallest absolute Gasteiger partial charge is 0.159 e. The van der Waals surface area contributed by atoms with E-state index >= 15 is 0 Å². The molecule has 0 N–H and O–H groups in total. The second kappa shape index (κ2) is 7.24. The Morgan fingerprint density at radius 3 is 2.76 bits per heavy atom. The van der Waals surface area contributed by atoms with Gasteiger partial charge in [0.25, 0.3) is 0 Å². The Bertz CT molecular complexity index is 1300. The minimum absolute atomic E-state index is 0.242. The molecule has 4 heterocycles. The summed E-state index contributed by atoms with van der Waals surface area (Å²) in [5.74, 6) is 1.70. The van der Waals surface area contributed by atoms with Crippen LogP contribution in [0.15, 0.2) is 36.8 Å². The molecule has 8 nitrogen and oxygen atoms in total. The van der Waals surface area contributed by atoms with Crippen LogP contribution in [0.5, 0.6) is 0 Å². The summed E-state index contributed by atoms with van der Waals surface area (Å²) >= 11 is 0. The molecule has 2 aliphatic carbocycles. The van der Waals surface area contributed by atoms with Crippen LogP contribution < -0.4 is 4.90 Å². The van der Waals surface area contributed by atoms with Crippen molar-refractivity contribution < 1.29 is 4.74 Å². The van der Waals surface area contributed by atoms with Gasteiger partial charge in [0, 0.05) is 49.8 Å². The molecule has 1 spiro atoms. The average Bonchev–Trinajstić information content (AvgIpc) is 3.60. The molecule has 34 heavy (non-hydrogen) atoms. The number of hydrogen-bond acceptors (Lipinski definition) is 7. The number of fused-ring (bicyclic) bond motifs is 1. The molecule has 174 valence electrons. The van der Waals surface area contributed by atoms with E-state index in [2.05, 4.69) is 56.1 Å². The maximum Gasteiger partial charge on any atom is 0.159 e. The van der Waals surface area contributed by atoms with Gasteiger partial charge >= 0.3 is 0 Å². The highest BCUT2D eigenvalue weighted by atomic mass is 16.5. The standard InChI is InChI=1S/C26H29N7O/c1-18-13-31(7-8-32(18)21-4-9-34-14-21)23-11-24(29-17-28-23)33-22-10-20(3-2-19(22)12-30-33)26(16-27)15-25(26)5-6-25/h2-3,10-12,17-18,21H,4-9,13-15H2,1H3/t18-,21-,26-/m0/s1. The first-order valence-electron chi connectivity index (χ1n) is 12.4. The highest BCUT2D eigenvalue weighted by Crippen LogP contribution is 2.78. The lowest BCUT2D eigenvalue weighted by molar-refractivity contribution is 0.105. The zero-order valence-corrected chi connectivity index (χ0v) is 19.5. The van der Waals surface area contributed by atoms with E-state index < -0.39 is 0 Å². The molecule has 3 atom stereocenters. The molecule has 2 aromatic heterocycles. The van der Waals surface area contributed by atoms with Gasteiger partial charge in [0.2, 0.25) is 0 Å². The topological polar surface area (TPSA) is 83.1 Å². The average molecular weight is 456 g/mol. The van der Waals surface area contributed by atoms with Gasteiger partial charge in [0.1, 0.15) is 12.1 Å². The Morgan fingerprint density at radius 1 is 1.15 bits per heavy atom. The van der Waals surface area contributed by atoms with Crippen LogP contribution >= 0.6 is 0 Å². The number of nitrogens with zero attached hydrogens (tertiary/aromatic N) is 7. The highest BCUT2D eigenvalue weighted by Gasteiger charge is 2.75. The summed E-state index contributed by atoms with van der Waals surface area (Å²) in [7, 11) is 0. The van der Waals surface area contributed by atoms with E-state index in [-0.39, 0.29) is 10.8 Å². The van der Waals surface area contributed by atoms with Gasteiger partial charge < -0.3 is 9.64 Å². The van der Waals surface area contributed by atoms with E-state index in [4.69, 9.17) is 4.74 Å². The first-order chi connectivity index (χ1) is 16.6. The van der Waals surface area contributed by atoms with Crippen LogP contribution in [0.1, 0.15) is 38.2 Å². The van der Waals surface area contributed by atoms with Crippen LogP contribution in [0.2, 0.25) is 0 Å². The Kier molecular flexibility index (Phi) is 4.33. The number of piperazine rings is 1. The maximum atomic E-state index is 9.98. The van der Waals surface area contributed by atoms with E-state index in [1.165, 1.54) is 12.8 Å². The third-order valence-corrected chi connectivity index (χ3v) is 8.72. The first-order valence-corrected chi connectivity index (χ1v) is 12.4. The third kappa shape index (κ3) is 2.93. The summed E-state index contributed by atoms with van der Waals surface area (Å²) < 4.78 is 7.51. The summed E-state index contributed by atoms with van der Waals surface area (Å²) in [5.41, 5.74) is 2.05. The van der Waals surface area contributed by atoms with Gasteiger partial charge in [-0.1, -0.05) is 12.1 Å². The first kappa shape index (κ1) is 20.4. The van der Waals surface area contributed by atoms with E-state index in [0.29, 0.717) is 12.1 Å². The number of hydrogen-bond donors (Lipinski definition) is 0. The number of benzene rings is 1. The van der Waals surface area contributed by atoms with Gasteiger partial charge in [-0.3, -0.25) is 4.90 Å². The quantitative estimate of drug-likeness (QED) is 0.598. The summed E-state index contributed by atoms with van der Waals surface area (Å²) in [5, 5.41) is 15.7. The summed E-state index contributed by atoms with van der Waals surface area (Å²) in [6.07, 6.45) is 7.99. The second-order valence-electron chi connectivity index (χ2n) is 10.6. The summed E-state index contributed by atoms with van der Waals surface area (Å²) in [6.45, 7) is 6.91. The van der Waals surface area contributed by atoms with Crippen molar-refractivity contribution in [2.45, 2.75) is 50.1 Å². The highest BCUT2D eigenvalue weighted by molar-refractivity contribution is 5.82. The van der Waals surface area contributed by atoms with Crippen molar-refractivity contribution in [1.82, 2.24) is 24.6 Å². The molecule has 2 aliphatic heterocycles. The summed E-state index contributed by atoms with van der Waals surface area (Å²) in [6, 6.07) is 12.0. The summed E-state index contributed by atoms with van der Waals surface area (Å²) in [4.78, 5) is 14.1. The third-order valence-electron chi connectivity index (χ3n) is 8.72. The van der Waals surface area contributed by atoms with E-state index in [0.717, 1.165) is 73.8 Å². The Hall–Kier alpha value is -3.02. The molecule has 2 saturated carbocycles. The van der Waals surface area contributed by atoms with Gasteiger partial charge in [0.15, 0.2) is 5.82 Å². The fourth-order valence-corrected chi connectivity index (χ4v) is 6.45. The van der Waals surface area contributed by atoms with Crippen LogP contribution in [0.4, 0.5) is 5.82 Å². The zero-order valence-electron chi connectivity index (χ0n) is 19.5. The van der Waals surface area contributed by atoms with Crippen LogP contribution in [0.25, 0.3) is 16.7 Å². The Labute approximate surface area is 199 Å². The van der Waals surface area contributed by atoms with E-state index in [1.54, 1.807) is 6.33 Å². The molecule has 0 amide bonds. The zero-order chi connectivity index (χ0) is 22.9. The maximum absolute atomic E-state index is 9.98. The van der Waals surface area contributed by atoms with Crippen molar-refractivity contribution in [3.05, 3.63) is 42.4 Å². The molecule has 8 heteroatoms. The lowest BCUT2D eigenvalue weighted by Crippen LogP contribution is -2.55. The van der Waals surface area contributed by atoms with Crippen LogP contribution in [0, 0.1) is 16.7 Å². The van der Waals surface area contributed by atoms with Crippen LogP contribution in [0.3, 0.4) is 0 Å². The molecule has 0 radical (unpaired) electrons. The fraction of sp³-hybridized carbons (Fsp3) is 0.538. The van der Waals surface area contributed by atoms with Gasteiger partial charge in [-0.15, -0.1) is 0 Å². The van der Waals surface area contributed by atoms with E-state index in [1.807, 2.05) is 16.9 Å². The Morgan fingerprint density at radius 2 is 2.03 bits per heavy atom. The lowest BCUT2D eigenvalue weighted by atomic mass is 9.93. The molecule has 4 aliphatic rings. The van der Waals surface area contributed by atoms with Crippen molar-refractivity contribution in [2.75, 3.05) is 37.7 Å². The number of ether oxygens (including phenoxy) is 1. The lowest BCUT2D eigenvalue weighted by Gasteiger charge is -2.43. The van der Waals surface area contributed by atoms with Crippen molar-refractivity contribution in [3.8, 4) is 11.9 Å². The molecule has 0 bridgehead atoms. The minimum Gasteiger partial charge on any atom is -0.380 e. The number of rotatable bonds is 4. The molecule has 7 rings (SSSR count). The van der Waals surface area contributed by atoms with Crippen molar-refractivity contribution in [2.24, 2.45) is 5.41 Å². The van der Waals surface area contributed by atoms with Crippen molar-refractivity contribution >= 4 is 16.7 Å². The van der Waals surface area contributed by atoms with Crippen LogP contribution in [-0.4, -0.2) is 69.6 Å². The predicted octanol–water partition coefficient (Wildman–Crippen LogP) is 3.06. The SMILES string of the molecule is C[C@H]1CN(c2cc(-n3ncc4ccc([C@@]5(C#N)CC56CC6)cc43)ncn2)CCN1[C@H]1CCOC1. The normalized spacial score (nSPS) is 30.1. The molecule has 4 fully saturated rings. The predicted molar refractivity (Wildman–Crippen MR) is 128 cm³/mol. The van der Waals surface area contributed by atoms with E-state index in [9.17, 15) is 5.26 Å². The van der Waals surface area contributed by atoms with Crippen molar-refractivity contribution in [1.29, 1.82) is 5.26 Å². The largest absolute Gasteiger partial charge is 0.380 e. The van der Waals surface area contributed by atoms with Gasteiger partial charge in [-0.2, -0.15) is 10.4 Å². The molecule has 2 saturated heterocycles. The Balaban J connectivity index is 1.17. The van der Waals surface area contributed by atoms with Gasteiger partial charge in [-0.05, 0) is 49.7 Å². The monoisotopic (exact) mass is 455 g/mol. The molecular formula is C26H29N7O. The molecule has 3 aromatic rings. The van der Waals surface area contributed by atoms with Crippen LogP contribution in [-0.2, 0) is 10.2 Å². The molecule has 1 aromatic carbocycles. The van der Waals surface area contributed by atoms with Gasteiger partial charge in [-0.25, -0.2) is 14.6 Å². The molecular weight excluding hydrogens is 426 g/mol. The molecule has 0 unspecified atom stereocenters. The fourth-order valence-electron chi connectivity index (χ4n) is 6.45. The number of aromatic nitrogens is 4. The number of anilines is 1. The van der Waals surface area contributed by atoms with Crippen molar-refractivity contribution in [3.63, 3.8) is 0 Å². The second-order valence-corrected chi connectivity index (χ2v) is 10.6. The minimum atomic E-state index is -0.312. The van der Waals surface area contributed by atoms with Gasteiger partial charge in [0.05, 0.1) is 29.8 Å². The number of nitriles is 1.